The van der Waals surface area contributed by atoms with Crippen molar-refractivity contribution in [2.75, 3.05) is 0 Å². The Labute approximate surface area is 97.2 Å². The highest BCUT2D eigenvalue weighted by atomic mass is 16.1. The van der Waals surface area contributed by atoms with Crippen LogP contribution in [0.1, 0.15) is 31.4 Å². The molecule has 1 aromatic rings. The molecular weight excluding hydrogens is 198 g/mol. The minimum absolute atomic E-state index is 0.0351. The molecule has 1 rings (SSSR count). The molecule has 0 saturated carbocycles. The molecule has 2 N–H and O–H groups in total. The van der Waals surface area contributed by atoms with Gasteiger partial charge in [0, 0.05) is 0 Å². The lowest BCUT2D eigenvalue weighted by atomic mass is 9.94. The Morgan fingerprint density at radius 1 is 1.44 bits per heavy atom. The zero-order valence-corrected chi connectivity index (χ0v) is 10.2. The quantitative estimate of drug-likeness (QED) is 0.842. The van der Waals surface area contributed by atoms with E-state index in [2.05, 4.69) is 19.1 Å². The van der Waals surface area contributed by atoms with E-state index in [-0.39, 0.29) is 5.78 Å². The number of Topliss-reactive ketones (excluding diaryl/α,β-unsaturated/α-hetero) is 1. The van der Waals surface area contributed by atoms with Crippen molar-refractivity contribution in [1.29, 1.82) is 0 Å². The molecule has 0 saturated heterocycles. The van der Waals surface area contributed by atoms with Gasteiger partial charge in [-0.15, -0.1) is 0 Å². The van der Waals surface area contributed by atoms with Crippen LogP contribution in [0.15, 0.2) is 30.3 Å². The molecule has 0 aliphatic heterocycles. The van der Waals surface area contributed by atoms with Gasteiger partial charge in [-0.25, -0.2) is 0 Å². The summed E-state index contributed by atoms with van der Waals surface area (Å²) < 4.78 is 0. The molecule has 0 aromatic heterocycles. The van der Waals surface area contributed by atoms with Gasteiger partial charge in [-0.3, -0.25) is 4.79 Å². The van der Waals surface area contributed by atoms with E-state index in [9.17, 15) is 4.79 Å². The highest BCUT2D eigenvalue weighted by Gasteiger charge is 2.12. The van der Waals surface area contributed by atoms with Gasteiger partial charge in [0.15, 0.2) is 0 Å². The van der Waals surface area contributed by atoms with E-state index < -0.39 is 6.04 Å². The second kappa shape index (κ2) is 5.61. The molecule has 1 aromatic carbocycles. The summed E-state index contributed by atoms with van der Waals surface area (Å²) in [6.07, 6.45) is 2.64. The summed E-state index contributed by atoms with van der Waals surface area (Å²) in [7, 11) is 0. The minimum Gasteiger partial charge on any atom is -0.321 e. The monoisotopic (exact) mass is 217 g/mol. The Kier molecular flexibility index (Phi) is 4.44. The van der Waals surface area contributed by atoms with Crippen LogP contribution in [0.4, 0.5) is 0 Å². The third kappa shape index (κ3) is 3.04. The van der Waals surface area contributed by atoms with Gasteiger partial charge in [-0.2, -0.15) is 0 Å². The van der Waals surface area contributed by atoms with Gasteiger partial charge < -0.3 is 5.73 Å². The highest BCUT2D eigenvalue weighted by Crippen LogP contribution is 2.22. The molecule has 0 spiro atoms. The van der Waals surface area contributed by atoms with Crippen LogP contribution in [0.3, 0.4) is 0 Å². The maximum Gasteiger partial charge on any atom is 0.146 e. The first-order valence-corrected chi connectivity index (χ1v) is 5.53. The molecule has 0 radical (unpaired) electrons. The van der Waals surface area contributed by atoms with Crippen molar-refractivity contribution >= 4 is 11.4 Å². The summed E-state index contributed by atoms with van der Waals surface area (Å²) in [4.78, 5) is 11.2. The Morgan fingerprint density at radius 3 is 2.56 bits per heavy atom. The van der Waals surface area contributed by atoms with Gasteiger partial charge in [-0.05, 0) is 43.9 Å². The van der Waals surface area contributed by atoms with E-state index in [1.165, 1.54) is 18.1 Å². The SMILES string of the molecule is C/C=C(/CC(N)C(C)=O)c1ccccc1C. The lowest BCUT2D eigenvalue weighted by molar-refractivity contribution is -0.118. The summed E-state index contributed by atoms with van der Waals surface area (Å²) in [5.41, 5.74) is 9.33. The molecule has 86 valence electrons. The van der Waals surface area contributed by atoms with Crippen LogP contribution in [0.25, 0.3) is 5.57 Å². The zero-order valence-electron chi connectivity index (χ0n) is 10.2. The molecule has 0 aliphatic rings. The Hall–Kier alpha value is -1.41. The summed E-state index contributed by atoms with van der Waals surface area (Å²) in [6, 6.07) is 7.75. The first kappa shape index (κ1) is 12.7. The topological polar surface area (TPSA) is 43.1 Å². The Morgan fingerprint density at radius 2 is 2.06 bits per heavy atom. The van der Waals surface area contributed by atoms with E-state index in [1.54, 1.807) is 0 Å². The van der Waals surface area contributed by atoms with Gasteiger partial charge in [0.05, 0.1) is 6.04 Å². The fourth-order valence-corrected chi connectivity index (χ4v) is 1.70. The van der Waals surface area contributed by atoms with Gasteiger partial charge in [-0.1, -0.05) is 30.3 Å². The van der Waals surface area contributed by atoms with Crippen molar-refractivity contribution in [2.45, 2.75) is 33.2 Å². The fraction of sp³-hybridized carbons (Fsp3) is 0.357. The van der Waals surface area contributed by atoms with Crippen LogP contribution in [0, 0.1) is 6.92 Å². The first-order chi connectivity index (χ1) is 7.56. The normalized spacial score (nSPS) is 13.6. The molecule has 1 atom stereocenters. The summed E-state index contributed by atoms with van der Waals surface area (Å²) in [5.74, 6) is 0.0351. The number of carbonyl (C=O) groups excluding carboxylic acids is 1. The number of aryl methyl sites for hydroxylation is 1. The van der Waals surface area contributed by atoms with Gasteiger partial charge >= 0.3 is 0 Å². The Balaban J connectivity index is 2.93. The van der Waals surface area contributed by atoms with Crippen LogP contribution in [0.5, 0.6) is 0 Å². The lowest BCUT2D eigenvalue weighted by Gasteiger charge is -2.13. The van der Waals surface area contributed by atoms with Crippen LogP contribution in [-0.2, 0) is 4.79 Å². The number of nitrogens with two attached hydrogens (primary N) is 1. The average Bonchev–Trinajstić information content (AvgIpc) is 2.26. The average molecular weight is 217 g/mol. The maximum atomic E-state index is 11.2. The molecule has 0 amide bonds. The molecule has 2 nitrogen and oxygen atoms in total. The number of benzene rings is 1. The predicted molar refractivity (Wildman–Crippen MR) is 68.1 cm³/mol. The summed E-state index contributed by atoms with van der Waals surface area (Å²) >= 11 is 0. The minimum atomic E-state index is -0.397. The van der Waals surface area contributed by atoms with Crippen molar-refractivity contribution in [3.8, 4) is 0 Å². The van der Waals surface area contributed by atoms with Crippen LogP contribution in [-0.4, -0.2) is 11.8 Å². The van der Waals surface area contributed by atoms with Crippen LogP contribution >= 0.6 is 0 Å². The van der Waals surface area contributed by atoms with Gasteiger partial charge in [0.1, 0.15) is 5.78 Å². The third-order valence-electron chi connectivity index (χ3n) is 2.80. The van der Waals surface area contributed by atoms with Crippen molar-refractivity contribution in [3.05, 3.63) is 41.5 Å². The molecule has 16 heavy (non-hydrogen) atoms. The number of rotatable bonds is 4. The van der Waals surface area contributed by atoms with Crippen molar-refractivity contribution in [1.82, 2.24) is 0 Å². The molecule has 1 unspecified atom stereocenters. The number of hydrogen-bond acceptors (Lipinski definition) is 2. The molecule has 0 aliphatic carbocycles. The third-order valence-corrected chi connectivity index (χ3v) is 2.80. The van der Waals surface area contributed by atoms with Gasteiger partial charge in [0.25, 0.3) is 0 Å². The smallest absolute Gasteiger partial charge is 0.146 e. The van der Waals surface area contributed by atoms with Gasteiger partial charge in [0.2, 0.25) is 0 Å². The lowest BCUT2D eigenvalue weighted by Crippen LogP contribution is -2.28. The van der Waals surface area contributed by atoms with Crippen molar-refractivity contribution in [3.63, 3.8) is 0 Å². The molecule has 0 bridgehead atoms. The Bertz CT molecular complexity index is 407. The van der Waals surface area contributed by atoms with E-state index in [0.29, 0.717) is 6.42 Å². The first-order valence-electron chi connectivity index (χ1n) is 5.53. The zero-order chi connectivity index (χ0) is 12.1. The highest BCUT2D eigenvalue weighted by molar-refractivity contribution is 5.84. The molecule has 0 heterocycles. The largest absolute Gasteiger partial charge is 0.321 e. The number of ketones is 1. The van der Waals surface area contributed by atoms with Crippen molar-refractivity contribution in [2.24, 2.45) is 5.73 Å². The summed E-state index contributed by atoms with van der Waals surface area (Å²) in [5, 5.41) is 0. The van der Waals surface area contributed by atoms with E-state index in [0.717, 1.165) is 5.57 Å². The standard InChI is InChI=1S/C14H19NO/c1-4-12(9-14(15)11(3)16)13-8-6-5-7-10(13)2/h4-8,14H,9,15H2,1-3H3/b12-4-. The van der Waals surface area contributed by atoms with E-state index in [1.807, 2.05) is 25.1 Å². The molecule has 2 heteroatoms. The summed E-state index contributed by atoms with van der Waals surface area (Å²) in [6.45, 7) is 5.59. The molecule has 0 fully saturated rings. The second-order valence-electron chi connectivity index (χ2n) is 4.05. The predicted octanol–water partition coefficient (Wildman–Crippen LogP) is 2.70. The number of carbonyl (C=O) groups is 1. The van der Waals surface area contributed by atoms with Crippen LogP contribution < -0.4 is 5.73 Å². The van der Waals surface area contributed by atoms with Crippen LogP contribution in [0.2, 0.25) is 0 Å². The number of hydrogen-bond donors (Lipinski definition) is 1. The van der Waals surface area contributed by atoms with E-state index >= 15 is 0 Å². The fourth-order valence-electron chi connectivity index (χ4n) is 1.70. The van der Waals surface area contributed by atoms with Crippen molar-refractivity contribution < 1.29 is 4.79 Å². The maximum absolute atomic E-state index is 11.2. The second-order valence-corrected chi connectivity index (χ2v) is 4.05. The number of allylic oxidation sites excluding steroid dienone is 1. The molecular formula is C14H19NO. The van der Waals surface area contributed by atoms with E-state index in [4.69, 9.17) is 5.73 Å².